The van der Waals surface area contributed by atoms with Gasteiger partial charge in [-0.1, -0.05) is 20.8 Å². The molecule has 32 heavy (non-hydrogen) atoms. The van der Waals surface area contributed by atoms with E-state index >= 15 is 0 Å². The first kappa shape index (κ1) is 23.8. The van der Waals surface area contributed by atoms with Crippen LogP contribution < -0.4 is 10.6 Å². The first-order chi connectivity index (χ1) is 14.9. The van der Waals surface area contributed by atoms with Gasteiger partial charge in [-0.25, -0.2) is 13.8 Å². The van der Waals surface area contributed by atoms with Crippen molar-refractivity contribution < 1.29 is 18.4 Å². The minimum atomic E-state index is -0.975. The molecule has 0 radical (unpaired) electrons. The van der Waals surface area contributed by atoms with Crippen molar-refractivity contribution in [3.63, 3.8) is 0 Å². The number of imidazole rings is 1. The van der Waals surface area contributed by atoms with Gasteiger partial charge in [-0.3, -0.25) is 14.5 Å². The molecule has 9 heteroatoms. The van der Waals surface area contributed by atoms with Crippen LogP contribution in [0, 0.1) is 17.0 Å². The molecule has 7 nitrogen and oxygen atoms in total. The van der Waals surface area contributed by atoms with Crippen molar-refractivity contribution in [3.05, 3.63) is 41.2 Å². The molecular formula is C23H31F2N5O2. The van der Waals surface area contributed by atoms with Crippen LogP contribution in [-0.4, -0.2) is 52.4 Å². The van der Waals surface area contributed by atoms with Crippen LogP contribution in [0.5, 0.6) is 0 Å². The van der Waals surface area contributed by atoms with E-state index in [-0.39, 0.29) is 17.6 Å². The maximum atomic E-state index is 14.0. The third-order valence-corrected chi connectivity index (χ3v) is 6.04. The molecule has 0 aliphatic carbocycles. The lowest BCUT2D eigenvalue weighted by Gasteiger charge is -2.29. The molecule has 0 bridgehead atoms. The quantitative estimate of drug-likeness (QED) is 0.756. The molecule has 2 heterocycles. The highest BCUT2D eigenvalue weighted by molar-refractivity contribution is 5.97. The zero-order valence-electron chi connectivity index (χ0n) is 19.4. The molecule has 2 atom stereocenters. The summed E-state index contributed by atoms with van der Waals surface area (Å²) < 4.78 is 29.4. The molecule has 1 aliphatic heterocycles. The van der Waals surface area contributed by atoms with Crippen molar-refractivity contribution in [1.82, 2.24) is 25.1 Å². The van der Waals surface area contributed by atoms with Gasteiger partial charge in [0.1, 0.15) is 11.9 Å². The fraction of sp³-hybridized carbons (Fsp3) is 0.522. The summed E-state index contributed by atoms with van der Waals surface area (Å²) >= 11 is 0. The number of fused-ring (bicyclic) bond motifs is 1. The van der Waals surface area contributed by atoms with Crippen molar-refractivity contribution in [2.45, 2.75) is 59.3 Å². The monoisotopic (exact) mass is 447 g/mol. The summed E-state index contributed by atoms with van der Waals surface area (Å²) in [6, 6.07) is 3.09. The highest BCUT2D eigenvalue weighted by Crippen LogP contribution is 2.29. The Morgan fingerprint density at radius 3 is 2.50 bits per heavy atom. The molecule has 1 unspecified atom stereocenters. The van der Waals surface area contributed by atoms with E-state index in [2.05, 4.69) is 27.4 Å². The Balaban J connectivity index is 2.09. The van der Waals surface area contributed by atoms with Gasteiger partial charge in [-0.15, -0.1) is 0 Å². The van der Waals surface area contributed by atoms with Gasteiger partial charge in [0.05, 0.1) is 5.69 Å². The van der Waals surface area contributed by atoms with Gasteiger partial charge in [-0.05, 0) is 44.0 Å². The lowest BCUT2D eigenvalue weighted by atomic mass is 9.86. The molecule has 1 aromatic heterocycles. The first-order valence-corrected chi connectivity index (χ1v) is 10.7. The van der Waals surface area contributed by atoms with Gasteiger partial charge in [0.15, 0.2) is 17.3 Å². The summed E-state index contributed by atoms with van der Waals surface area (Å²) in [6.07, 6.45) is 0.806. The number of rotatable bonds is 4. The van der Waals surface area contributed by atoms with Crippen LogP contribution in [0.3, 0.4) is 0 Å². The van der Waals surface area contributed by atoms with E-state index in [1.165, 1.54) is 13.1 Å². The average Bonchev–Trinajstić information content (AvgIpc) is 3.01. The average molecular weight is 448 g/mol. The molecule has 2 N–H and O–H groups in total. The number of hydrogen-bond donors (Lipinski definition) is 2. The second-order valence-electron chi connectivity index (χ2n) is 9.45. The van der Waals surface area contributed by atoms with Gasteiger partial charge in [0.2, 0.25) is 5.91 Å². The molecule has 2 aromatic rings. The van der Waals surface area contributed by atoms with E-state index in [9.17, 15) is 18.4 Å². The van der Waals surface area contributed by atoms with Crippen LogP contribution in [0.25, 0.3) is 11.4 Å². The number of benzene rings is 1. The number of amides is 2. The predicted octanol–water partition coefficient (Wildman–Crippen LogP) is 2.94. The summed E-state index contributed by atoms with van der Waals surface area (Å²) in [5.41, 5.74) is 0.725. The van der Waals surface area contributed by atoms with Gasteiger partial charge < -0.3 is 15.2 Å². The molecular weight excluding hydrogens is 416 g/mol. The minimum Gasteiger partial charge on any atom is -0.357 e. The number of likely N-dealkylation sites (N-methyl/N-ethyl adjacent to an activating group) is 1. The third-order valence-electron chi connectivity index (χ3n) is 6.04. The SMILES string of the molecule is CNC(=O)[C@@H](NC(=O)c1nc(-c2ccc(F)c(F)c2)n2c1CN(C)C(C)CC2)C(C)(C)C. The van der Waals surface area contributed by atoms with Gasteiger partial charge in [-0.2, -0.15) is 0 Å². The summed E-state index contributed by atoms with van der Waals surface area (Å²) in [7, 11) is 3.49. The van der Waals surface area contributed by atoms with E-state index in [0.717, 1.165) is 18.6 Å². The Morgan fingerprint density at radius 1 is 1.22 bits per heavy atom. The van der Waals surface area contributed by atoms with Crippen LogP contribution >= 0.6 is 0 Å². The van der Waals surface area contributed by atoms with Crippen molar-refractivity contribution >= 4 is 11.8 Å². The summed E-state index contributed by atoms with van der Waals surface area (Å²) in [5.74, 6) is -2.30. The van der Waals surface area contributed by atoms with Gasteiger partial charge >= 0.3 is 0 Å². The second kappa shape index (κ2) is 8.97. The molecule has 1 aromatic carbocycles. The van der Waals surface area contributed by atoms with Crippen LogP contribution in [-0.2, 0) is 17.9 Å². The summed E-state index contributed by atoms with van der Waals surface area (Å²) in [5, 5.41) is 5.42. The fourth-order valence-corrected chi connectivity index (χ4v) is 3.87. The summed E-state index contributed by atoms with van der Waals surface area (Å²) in [4.78, 5) is 32.4. The van der Waals surface area contributed by atoms with Gasteiger partial charge in [0, 0.05) is 31.7 Å². The van der Waals surface area contributed by atoms with Crippen molar-refractivity contribution in [3.8, 4) is 11.4 Å². The van der Waals surface area contributed by atoms with Crippen LogP contribution in [0.2, 0.25) is 0 Å². The third kappa shape index (κ3) is 4.67. The Kier molecular flexibility index (Phi) is 6.69. The van der Waals surface area contributed by atoms with E-state index < -0.39 is 29.0 Å². The van der Waals surface area contributed by atoms with Crippen LogP contribution in [0.4, 0.5) is 8.78 Å². The Bertz CT molecular complexity index is 1030. The largest absolute Gasteiger partial charge is 0.357 e. The molecule has 0 saturated carbocycles. The normalized spacial score (nSPS) is 17.9. The number of carbonyl (C=O) groups is 2. The molecule has 2 amide bonds. The van der Waals surface area contributed by atoms with Gasteiger partial charge in [0.25, 0.3) is 5.91 Å². The predicted molar refractivity (Wildman–Crippen MR) is 118 cm³/mol. The van der Waals surface area contributed by atoms with Crippen LogP contribution in [0.1, 0.15) is 50.3 Å². The zero-order valence-corrected chi connectivity index (χ0v) is 19.4. The fourth-order valence-electron chi connectivity index (χ4n) is 3.87. The number of halogens is 2. The number of aromatic nitrogens is 2. The maximum Gasteiger partial charge on any atom is 0.272 e. The van der Waals surface area contributed by atoms with Crippen molar-refractivity contribution in [2.24, 2.45) is 5.41 Å². The number of hydrogen-bond acceptors (Lipinski definition) is 4. The van der Waals surface area contributed by atoms with Crippen molar-refractivity contribution in [1.29, 1.82) is 0 Å². The lowest BCUT2D eigenvalue weighted by Crippen LogP contribution is -2.53. The molecule has 174 valence electrons. The Labute approximate surface area is 187 Å². The first-order valence-electron chi connectivity index (χ1n) is 10.7. The Hall–Kier alpha value is -2.81. The number of nitrogens with zero attached hydrogens (tertiary/aromatic N) is 3. The smallest absolute Gasteiger partial charge is 0.272 e. The molecule has 3 rings (SSSR count). The number of nitrogens with one attached hydrogen (secondary N) is 2. The highest BCUT2D eigenvalue weighted by atomic mass is 19.2. The minimum absolute atomic E-state index is 0.184. The zero-order chi connectivity index (χ0) is 23.8. The lowest BCUT2D eigenvalue weighted by molar-refractivity contribution is -0.124. The standard InChI is InChI=1S/C23H31F2N5O2/c1-13-9-10-30-17(12-29(13)6)18(21(31)28-19(22(32)26-5)23(2,3)4)27-20(30)14-7-8-15(24)16(25)11-14/h7-8,11,13,19H,9-10,12H2,1-6H3,(H,26,32)(H,28,31)/t13?,19-/m1/s1. The van der Waals surface area contributed by atoms with Crippen LogP contribution in [0.15, 0.2) is 18.2 Å². The van der Waals surface area contributed by atoms with E-state index in [4.69, 9.17) is 0 Å². The van der Waals surface area contributed by atoms with E-state index in [1.807, 2.05) is 32.4 Å². The molecule has 0 fully saturated rings. The van der Waals surface area contributed by atoms with E-state index in [0.29, 0.717) is 30.2 Å². The summed E-state index contributed by atoms with van der Waals surface area (Å²) in [6.45, 7) is 8.72. The second-order valence-corrected chi connectivity index (χ2v) is 9.45. The number of carbonyl (C=O) groups excluding carboxylic acids is 2. The molecule has 1 aliphatic rings. The topological polar surface area (TPSA) is 79.3 Å². The molecule has 0 saturated heterocycles. The Morgan fingerprint density at radius 2 is 1.91 bits per heavy atom. The maximum absolute atomic E-state index is 14.0. The van der Waals surface area contributed by atoms with E-state index in [1.54, 1.807) is 0 Å². The molecule has 0 spiro atoms. The van der Waals surface area contributed by atoms with Crippen molar-refractivity contribution in [2.75, 3.05) is 14.1 Å². The highest BCUT2D eigenvalue weighted by Gasteiger charge is 2.35.